The Balaban J connectivity index is 2.05. The third kappa shape index (κ3) is 8.47. The van der Waals surface area contributed by atoms with E-state index in [2.05, 4.69) is 5.32 Å². The molecule has 11 heteroatoms. The molecule has 0 bridgehead atoms. The molecule has 2 amide bonds. The minimum atomic E-state index is -4.37. The molecule has 3 aromatic carbocycles. The number of ether oxygens (including phenoxy) is 2. The van der Waals surface area contributed by atoms with Crippen LogP contribution in [0.5, 0.6) is 11.5 Å². The first kappa shape index (κ1) is 33.4. The van der Waals surface area contributed by atoms with Crippen LogP contribution in [-0.2, 0) is 26.0 Å². The number of sulfonamides is 1. The van der Waals surface area contributed by atoms with Crippen LogP contribution in [0.15, 0.2) is 77.7 Å². The molecule has 0 aromatic heterocycles. The lowest BCUT2D eigenvalue weighted by Crippen LogP contribution is -2.54. The molecular weight excluding hydrogens is 573 g/mol. The van der Waals surface area contributed by atoms with E-state index >= 15 is 0 Å². The van der Waals surface area contributed by atoms with E-state index in [-0.39, 0.29) is 34.8 Å². The highest BCUT2D eigenvalue weighted by Crippen LogP contribution is 2.32. The fraction of sp³-hybridized carbons (Fsp3) is 0.375. The Morgan fingerprint density at radius 3 is 2.14 bits per heavy atom. The molecule has 9 nitrogen and oxygen atoms in total. The standard InChI is InChI=1S/C32H40FN3O6S/c1-6-23(3)34-32(38)28(7-2)35(20-19-24-11-9-8-10-12-24)31(37)22-36(26-15-13-25(33)14-16-26)43(39,40)27-17-18-29(41-4)30(21-27)42-5/h8-18,21,23,28H,6-7,19-20,22H2,1-5H3,(H,34,38)/t23-,28-/m0/s1. The summed E-state index contributed by atoms with van der Waals surface area (Å²) < 4.78 is 53.5. The van der Waals surface area contributed by atoms with Crippen molar-refractivity contribution in [3.8, 4) is 11.5 Å². The van der Waals surface area contributed by atoms with Crippen LogP contribution in [0.2, 0.25) is 0 Å². The van der Waals surface area contributed by atoms with Crippen molar-refractivity contribution in [2.24, 2.45) is 0 Å². The van der Waals surface area contributed by atoms with Gasteiger partial charge in [0, 0.05) is 18.7 Å². The molecule has 43 heavy (non-hydrogen) atoms. The van der Waals surface area contributed by atoms with E-state index in [0.717, 1.165) is 22.0 Å². The molecule has 0 saturated heterocycles. The van der Waals surface area contributed by atoms with Gasteiger partial charge in [-0.2, -0.15) is 0 Å². The zero-order chi connectivity index (χ0) is 31.6. The summed E-state index contributed by atoms with van der Waals surface area (Å²) in [7, 11) is -1.55. The van der Waals surface area contributed by atoms with Gasteiger partial charge in [0.2, 0.25) is 11.8 Å². The molecule has 1 N–H and O–H groups in total. The van der Waals surface area contributed by atoms with Gasteiger partial charge in [0.05, 0.1) is 24.8 Å². The lowest BCUT2D eigenvalue weighted by Gasteiger charge is -2.33. The van der Waals surface area contributed by atoms with Gasteiger partial charge in [-0.15, -0.1) is 0 Å². The molecule has 0 fully saturated rings. The third-order valence-corrected chi connectivity index (χ3v) is 8.98. The Labute approximate surface area is 253 Å². The maximum atomic E-state index is 14.1. The van der Waals surface area contributed by atoms with Crippen molar-refractivity contribution in [2.75, 3.05) is 31.6 Å². The lowest BCUT2D eigenvalue weighted by molar-refractivity contribution is -0.139. The topological polar surface area (TPSA) is 105 Å². The van der Waals surface area contributed by atoms with Crippen molar-refractivity contribution < 1.29 is 31.9 Å². The number of anilines is 1. The number of nitrogens with one attached hydrogen (secondary N) is 1. The van der Waals surface area contributed by atoms with Gasteiger partial charge in [-0.05, 0) is 68.1 Å². The highest BCUT2D eigenvalue weighted by atomic mass is 32.2. The summed E-state index contributed by atoms with van der Waals surface area (Å²) in [5.41, 5.74) is 1.05. The highest BCUT2D eigenvalue weighted by molar-refractivity contribution is 7.92. The quantitative estimate of drug-likeness (QED) is 0.264. The van der Waals surface area contributed by atoms with Gasteiger partial charge in [-0.3, -0.25) is 13.9 Å². The number of benzene rings is 3. The summed E-state index contributed by atoms with van der Waals surface area (Å²) in [5, 5.41) is 2.95. The summed E-state index contributed by atoms with van der Waals surface area (Å²) in [5.74, 6) is -0.928. The Morgan fingerprint density at radius 2 is 1.56 bits per heavy atom. The Kier molecular flexibility index (Phi) is 11.9. The SMILES string of the molecule is CC[C@H](C)NC(=O)[C@H](CC)N(CCc1ccccc1)C(=O)CN(c1ccc(F)cc1)S(=O)(=O)c1ccc(OC)c(OC)c1. The maximum absolute atomic E-state index is 14.1. The summed E-state index contributed by atoms with van der Waals surface area (Å²) in [4.78, 5) is 28.7. The second-order valence-corrected chi connectivity index (χ2v) is 11.9. The second-order valence-electron chi connectivity index (χ2n) is 10.1. The van der Waals surface area contributed by atoms with Gasteiger partial charge in [0.1, 0.15) is 18.4 Å². The number of rotatable bonds is 15. The molecule has 2 atom stereocenters. The maximum Gasteiger partial charge on any atom is 0.264 e. The first-order valence-corrected chi connectivity index (χ1v) is 15.6. The molecular formula is C32H40FN3O6S. The zero-order valence-electron chi connectivity index (χ0n) is 25.2. The molecule has 0 aliphatic rings. The summed E-state index contributed by atoms with van der Waals surface area (Å²) >= 11 is 0. The van der Waals surface area contributed by atoms with E-state index in [1.807, 2.05) is 51.1 Å². The van der Waals surface area contributed by atoms with Crippen LogP contribution >= 0.6 is 0 Å². The number of carbonyl (C=O) groups is 2. The molecule has 3 aromatic rings. The van der Waals surface area contributed by atoms with Crippen LogP contribution in [0.3, 0.4) is 0 Å². The molecule has 0 radical (unpaired) electrons. The van der Waals surface area contributed by atoms with Crippen molar-refractivity contribution in [1.29, 1.82) is 0 Å². The largest absolute Gasteiger partial charge is 0.493 e. The molecule has 232 valence electrons. The summed E-state index contributed by atoms with van der Waals surface area (Å²) in [6, 6.07) is 17.5. The fourth-order valence-corrected chi connectivity index (χ4v) is 6.01. The zero-order valence-corrected chi connectivity index (χ0v) is 26.1. The molecule has 0 unspecified atom stereocenters. The molecule has 0 saturated carbocycles. The van der Waals surface area contributed by atoms with Crippen molar-refractivity contribution in [1.82, 2.24) is 10.2 Å². The predicted octanol–water partition coefficient (Wildman–Crippen LogP) is 4.80. The molecule has 3 rings (SSSR count). The number of methoxy groups -OCH3 is 2. The summed E-state index contributed by atoms with van der Waals surface area (Å²) in [6.45, 7) is 5.20. The minimum absolute atomic E-state index is 0.0876. The average molecular weight is 614 g/mol. The number of nitrogens with zero attached hydrogens (tertiary/aromatic N) is 2. The molecule has 0 aliphatic heterocycles. The van der Waals surface area contributed by atoms with Crippen LogP contribution in [0.1, 0.15) is 39.2 Å². The Bertz CT molecular complexity index is 1470. The van der Waals surface area contributed by atoms with Gasteiger partial charge in [0.25, 0.3) is 10.0 Å². The van der Waals surface area contributed by atoms with Gasteiger partial charge in [-0.1, -0.05) is 44.2 Å². The van der Waals surface area contributed by atoms with Crippen LogP contribution in [0.25, 0.3) is 0 Å². The Morgan fingerprint density at radius 1 is 0.907 bits per heavy atom. The van der Waals surface area contributed by atoms with Crippen LogP contribution in [0, 0.1) is 5.82 Å². The predicted molar refractivity (Wildman–Crippen MR) is 164 cm³/mol. The van der Waals surface area contributed by atoms with E-state index in [1.54, 1.807) is 0 Å². The monoisotopic (exact) mass is 613 g/mol. The van der Waals surface area contributed by atoms with Gasteiger partial charge in [-0.25, -0.2) is 12.8 Å². The summed E-state index contributed by atoms with van der Waals surface area (Å²) in [6.07, 6.45) is 1.49. The average Bonchev–Trinajstić information content (AvgIpc) is 3.02. The van der Waals surface area contributed by atoms with E-state index in [4.69, 9.17) is 9.47 Å². The lowest BCUT2D eigenvalue weighted by atomic mass is 10.1. The number of carbonyl (C=O) groups excluding carboxylic acids is 2. The Hall–Kier alpha value is -4.12. The molecule has 0 aliphatic carbocycles. The normalized spacial score (nSPS) is 12.6. The van der Waals surface area contributed by atoms with Crippen molar-refractivity contribution in [3.05, 3.63) is 84.2 Å². The van der Waals surface area contributed by atoms with Crippen LogP contribution in [0.4, 0.5) is 10.1 Å². The first-order chi connectivity index (χ1) is 20.5. The first-order valence-electron chi connectivity index (χ1n) is 14.2. The van der Waals surface area contributed by atoms with Gasteiger partial charge in [0.15, 0.2) is 11.5 Å². The molecule has 0 heterocycles. The van der Waals surface area contributed by atoms with Crippen molar-refractivity contribution in [3.63, 3.8) is 0 Å². The van der Waals surface area contributed by atoms with E-state index in [0.29, 0.717) is 25.0 Å². The van der Waals surface area contributed by atoms with Crippen molar-refractivity contribution >= 4 is 27.5 Å². The fourth-order valence-electron chi connectivity index (χ4n) is 4.58. The molecule has 0 spiro atoms. The third-order valence-electron chi connectivity index (χ3n) is 7.21. The number of halogens is 1. The van der Waals surface area contributed by atoms with Crippen molar-refractivity contribution in [2.45, 2.75) is 57.0 Å². The minimum Gasteiger partial charge on any atom is -0.493 e. The van der Waals surface area contributed by atoms with Gasteiger partial charge < -0.3 is 19.7 Å². The smallest absolute Gasteiger partial charge is 0.264 e. The number of hydrogen-bond acceptors (Lipinski definition) is 6. The van der Waals surface area contributed by atoms with Crippen LogP contribution < -0.4 is 19.1 Å². The second kappa shape index (κ2) is 15.4. The van der Waals surface area contributed by atoms with Gasteiger partial charge >= 0.3 is 0 Å². The van der Waals surface area contributed by atoms with Crippen LogP contribution in [-0.4, -0.2) is 64.5 Å². The number of hydrogen-bond donors (Lipinski definition) is 1. The van der Waals surface area contributed by atoms with E-state index < -0.39 is 34.3 Å². The highest BCUT2D eigenvalue weighted by Gasteiger charge is 2.34. The number of amides is 2. The van der Waals surface area contributed by atoms with E-state index in [1.165, 1.54) is 49.5 Å². The van der Waals surface area contributed by atoms with E-state index in [9.17, 15) is 22.4 Å².